The second-order valence-corrected chi connectivity index (χ2v) is 6.72. The van der Waals surface area contributed by atoms with E-state index in [0.29, 0.717) is 17.9 Å². The molecule has 0 unspecified atom stereocenters. The second-order valence-electron chi connectivity index (χ2n) is 6.72. The number of aliphatic imine (C=N–C) groups is 1. The Kier molecular flexibility index (Phi) is 5.04. The van der Waals surface area contributed by atoms with Gasteiger partial charge in [-0.1, -0.05) is 12.1 Å². The van der Waals surface area contributed by atoms with Crippen LogP contribution in [0.5, 0.6) is 0 Å². The van der Waals surface area contributed by atoms with Gasteiger partial charge in [0.05, 0.1) is 29.6 Å². The molecule has 0 atom stereocenters. The molecule has 0 saturated heterocycles. The third kappa shape index (κ3) is 3.73. The average molecular weight is 371 g/mol. The van der Waals surface area contributed by atoms with E-state index in [-0.39, 0.29) is 13.1 Å². The van der Waals surface area contributed by atoms with Gasteiger partial charge in [0.1, 0.15) is 0 Å². The number of ether oxygens (including phenoxy) is 1. The van der Waals surface area contributed by atoms with E-state index in [1.807, 2.05) is 53.4 Å². The Labute approximate surface area is 163 Å². The molecule has 1 aromatic heterocycles. The average Bonchev–Trinajstić information content (AvgIpc) is 3.10. The molecule has 0 N–H and O–H groups in total. The fourth-order valence-corrected chi connectivity index (χ4v) is 3.34. The van der Waals surface area contributed by atoms with E-state index >= 15 is 0 Å². The largest absolute Gasteiger partial charge is 0.785 e. The fourth-order valence-electron chi connectivity index (χ4n) is 3.34. The number of hydroxylamine groups is 2. The van der Waals surface area contributed by atoms with Gasteiger partial charge < -0.3 is 19.6 Å². The predicted molar refractivity (Wildman–Crippen MR) is 108 cm³/mol. The van der Waals surface area contributed by atoms with Crippen molar-refractivity contribution in [3.8, 4) is 11.8 Å². The maximum absolute atomic E-state index is 12.5. The number of aromatic nitrogens is 1. The number of nitrogens with zero attached hydrogens (tertiary/aromatic N) is 4. The molecule has 0 saturated carbocycles. The molecule has 0 radical (unpaired) electrons. The molecule has 0 spiro atoms. The molecule has 0 aliphatic carbocycles. The number of methoxy groups -OCH3 is 1. The van der Waals surface area contributed by atoms with Gasteiger partial charge in [-0.3, -0.25) is 4.99 Å². The molecule has 28 heavy (non-hydrogen) atoms. The lowest BCUT2D eigenvalue weighted by atomic mass is 10.1. The Hall–Kier alpha value is -3.24. The standard InChI is InChI=1S/C22H19N4O2/c1-28-15-17-7-8-25(12-17)20-5-6-21-19(10-20)13-26(27)14-22(24-21)18-4-2-3-16(9-18)11-23/h2-10,12H,13-15H2,1H3/q-1. The van der Waals surface area contributed by atoms with E-state index in [2.05, 4.69) is 6.07 Å². The molecule has 140 valence electrons. The normalized spacial score (nSPS) is 14.1. The van der Waals surface area contributed by atoms with Crippen LogP contribution in [0.15, 0.2) is 65.9 Å². The number of hydrogen-bond donors (Lipinski definition) is 0. The third-order valence-corrected chi connectivity index (χ3v) is 4.68. The lowest BCUT2D eigenvalue weighted by Crippen LogP contribution is -2.23. The Morgan fingerprint density at radius 3 is 2.89 bits per heavy atom. The van der Waals surface area contributed by atoms with Gasteiger partial charge in [-0.25, -0.2) is 0 Å². The Morgan fingerprint density at radius 1 is 1.18 bits per heavy atom. The van der Waals surface area contributed by atoms with Crippen LogP contribution in [-0.2, 0) is 17.9 Å². The molecule has 6 nitrogen and oxygen atoms in total. The van der Waals surface area contributed by atoms with Gasteiger partial charge in [0.2, 0.25) is 0 Å². The highest BCUT2D eigenvalue weighted by Crippen LogP contribution is 2.28. The Morgan fingerprint density at radius 2 is 2.07 bits per heavy atom. The Bertz CT molecular complexity index is 1080. The van der Waals surface area contributed by atoms with Crippen LogP contribution < -0.4 is 0 Å². The van der Waals surface area contributed by atoms with Gasteiger partial charge in [-0.2, -0.15) is 5.26 Å². The monoisotopic (exact) mass is 371 g/mol. The number of fused-ring (bicyclic) bond motifs is 1. The van der Waals surface area contributed by atoms with Crippen molar-refractivity contribution in [2.24, 2.45) is 4.99 Å². The zero-order valence-corrected chi connectivity index (χ0v) is 15.5. The lowest BCUT2D eigenvalue weighted by molar-refractivity contribution is 0.185. The van der Waals surface area contributed by atoms with Crippen molar-refractivity contribution < 1.29 is 4.74 Å². The van der Waals surface area contributed by atoms with E-state index in [9.17, 15) is 5.21 Å². The minimum Gasteiger partial charge on any atom is -0.785 e. The van der Waals surface area contributed by atoms with E-state index < -0.39 is 0 Å². The summed E-state index contributed by atoms with van der Waals surface area (Å²) in [5, 5.41) is 22.6. The molecule has 4 rings (SSSR count). The van der Waals surface area contributed by atoms with Gasteiger partial charge in [0.15, 0.2) is 0 Å². The maximum Gasteiger partial charge on any atom is 0.0991 e. The molecular formula is C22H19N4O2-. The van der Waals surface area contributed by atoms with Crippen molar-refractivity contribution in [3.63, 3.8) is 0 Å². The molecule has 2 aromatic carbocycles. The van der Waals surface area contributed by atoms with Gasteiger partial charge in [0.25, 0.3) is 0 Å². The van der Waals surface area contributed by atoms with Crippen molar-refractivity contribution in [1.82, 2.24) is 9.63 Å². The third-order valence-electron chi connectivity index (χ3n) is 4.68. The molecule has 1 aliphatic heterocycles. The first-order valence-electron chi connectivity index (χ1n) is 8.95. The fraction of sp³-hybridized carbons (Fsp3) is 0.182. The summed E-state index contributed by atoms with van der Waals surface area (Å²) in [6.07, 6.45) is 3.99. The highest BCUT2D eigenvalue weighted by atomic mass is 16.5. The lowest BCUT2D eigenvalue weighted by Gasteiger charge is -2.27. The minimum absolute atomic E-state index is 0.181. The van der Waals surface area contributed by atoms with Crippen LogP contribution >= 0.6 is 0 Å². The minimum atomic E-state index is 0.181. The first-order chi connectivity index (χ1) is 13.7. The van der Waals surface area contributed by atoms with Crippen molar-refractivity contribution in [2.45, 2.75) is 13.2 Å². The summed E-state index contributed by atoms with van der Waals surface area (Å²) in [4.78, 5) is 4.74. The van der Waals surface area contributed by atoms with E-state index in [0.717, 1.165) is 33.1 Å². The molecule has 6 heteroatoms. The Balaban J connectivity index is 1.71. The van der Waals surface area contributed by atoms with Gasteiger partial charge in [-0.15, -0.1) is 0 Å². The summed E-state index contributed by atoms with van der Waals surface area (Å²) in [6, 6.07) is 17.3. The number of rotatable bonds is 4. The SMILES string of the molecule is COCc1ccn(-c2ccc3c(c2)CN([O-])CC(c2cccc(C#N)c2)=N3)c1. The van der Waals surface area contributed by atoms with Gasteiger partial charge >= 0.3 is 0 Å². The summed E-state index contributed by atoms with van der Waals surface area (Å²) in [6.45, 7) is 1.00. The molecular weight excluding hydrogens is 352 g/mol. The van der Waals surface area contributed by atoms with Crippen LogP contribution in [-0.4, -0.2) is 29.0 Å². The predicted octanol–water partition coefficient (Wildman–Crippen LogP) is 3.93. The van der Waals surface area contributed by atoms with Crippen LogP contribution in [0.25, 0.3) is 5.69 Å². The zero-order chi connectivity index (χ0) is 19.5. The van der Waals surface area contributed by atoms with Crippen LogP contribution in [0.4, 0.5) is 5.69 Å². The van der Waals surface area contributed by atoms with Crippen LogP contribution in [0.1, 0.15) is 22.3 Å². The van der Waals surface area contributed by atoms with Gasteiger partial charge in [0, 0.05) is 38.3 Å². The molecule has 1 aliphatic rings. The molecule has 0 fully saturated rings. The summed E-state index contributed by atoms with van der Waals surface area (Å²) in [5.41, 5.74) is 5.73. The van der Waals surface area contributed by atoms with Crippen molar-refractivity contribution >= 4 is 11.4 Å². The second kappa shape index (κ2) is 7.79. The zero-order valence-electron chi connectivity index (χ0n) is 15.5. The topological polar surface area (TPSA) is 76.6 Å². The molecule has 3 aromatic rings. The van der Waals surface area contributed by atoms with Crippen LogP contribution in [0, 0.1) is 16.5 Å². The number of benzene rings is 2. The van der Waals surface area contributed by atoms with Crippen molar-refractivity contribution in [1.29, 1.82) is 5.26 Å². The first-order valence-corrected chi connectivity index (χ1v) is 8.95. The summed E-state index contributed by atoms with van der Waals surface area (Å²) in [7, 11) is 1.67. The van der Waals surface area contributed by atoms with E-state index in [1.54, 1.807) is 19.2 Å². The van der Waals surface area contributed by atoms with Crippen LogP contribution in [0.3, 0.4) is 0 Å². The van der Waals surface area contributed by atoms with E-state index in [4.69, 9.17) is 15.0 Å². The smallest absolute Gasteiger partial charge is 0.0991 e. The van der Waals surface area contributed by atoms with Gasteiger partial charge in [-0.05, 0) is 53.1 Å². The van der Waals surface area contributed by atoms with Crippen LogP contribution in [0.2, 0.25) is 0 Å². The van der Waals surface area contributed by atoms with Crippen molar-refractivity contribution in [2.75, 3.05) is 13.7 Å². The first kappa shape index (κ1) is 18.1. The quantitative estimate of drug-likeness (QED) is 0.696. The molecule has 0 bridgehead atoms. The summed E-state index contributed by atoms with van der Waals surface area (Å²) in [5.74, 6) is 0. The highest BCUT2D eigenvalue weighted by molar-refractivity contribution is 6.04. The maximum atomic E-state index is 12.5. The molecule has 0 amide bonds. The van der Waals surface area contributed by atoms with Crippen molar-refractivity contribution in [3.05, 3.63) is 88.4 Å². The van der Waals surface area contributed by atoms with E-state index in [1.165, 1.54) is 0 Å². The molecule has 2 heterocycles. The summed E-state index contributed by atoms with van der Waals surface area (Å²) < 4.78 is 7.18. The summed E-state index contributed by atoms with van der Waals surface area (Å²) >= 11 is 0. The highest BCUT2D eigenvalue weighted by Gasteiger charge is 2.14. The number of nitriles is 1. The number of hydrogen-bond acceptors (Lipinski definition) is 5.